The van der Waals surface area contributed by atoms with Crippen molar-refractivity contribution >= 4 is 11.7 Å². The Labute approximate surface area is 85.4 Å². The number of alkyl halides is 3. The number of nitrogens with zero attached hydrogens (tertiary/aromatic N) is 4. The lowest BCUT2D eigenvalue weighted by atomic mass is 10.4. The molecule has 0 bridgehead atoms. The third kappa shape index (κ3) is 1.55. The van der Waals surface area contributed by atoms with Gasteiger partial charge in [0.1, 0.15) is 0 Å². The largest absolute Gasteiger partial charge is 0.477 e. The molecule has 0 saturated carbocycles. The van der Waals surface area contributed by atoms with Gasteiger partial charge >= 0.3 is 12.1 Å². The smallest absolute Gasteiger partial charge is 0.453 e. The molecule has 0 amide bonds. The monoisotopic (exact) mass is 232 g/mol. The lowest BCUT2D eigenvalue weighted by Gasteiger charge is -1.97. The van der Waals surface area contributed by atoms with Crippen molar-refractivity contribution in [3.63, 3.8) is 0 Å². The zero-order valence-corrected chi connectivity index (χ0v) is 7.43. The molecule has 0 aliphatic carbocycles. The van der Waals surface area contributed by atoms with Crippen LogP contribution in [0.5, 0.6) is 0 Å². The van der Waals surface area contributed by atoms with Gasteiger partial charge in [0.15, 0.2) is 5.69 Å². The van der Waals surface area contributed by atoms with E-state index >= 15 is 0 Å². The first kappa shape index (κ1) is 10.3. The molecule has 1 N–H and O–H groups in total. The Balaban J connectivity index is 2.71. The van der Waals surface area contributed by atoms with E-state index in [0.717, 1.165) is 12.3 Å². The topological polar surface area (TPSA) is 80.4 Å². The lowest BCUT2D eigenvalue weighted by Crippen LogP contribution is -2.10. The first-order valence-corrected chi connectivity index (χ1v) is 3.92. The highest BCUT2D eigenvalue weighted by Gasteiger charge is 2.36. The number of carboxylic acids is 1. The molecule has 0 saturated heterocycles. The molecule has 84 valence electrons. The van der Waals surface area contributed by atoms with Gasteiger partial charge in [0, 0.05) is 6.20 Å². The molecular weight excluding hydrogens is 229 g/mol. The van der Waals surface area contributed by atoms with Crippen molar-refractivity contribution in [2.24, 2.45) is 0 Å². The summed E-state index contributed by atoms with van der Waals surface area (Å²) in [7, 11) is 0. The molecular formula is C7H3F3N4O2. The SMILES string of the molecule is O=C(O)c1ccnc2nc(C(F)(F)F)nn12. The fourth-order valence-electron chi connectivity index (χ4n) is 1.08. The Morgan fingerprint density at radius 1 is 1.44 bits per heavy atom. The Bertz CT molecular complexity index is 562. The van der Waals surface area contributed by atoms with Crippen molar-refractivity contribution < 1.29 is 23.1 Å². The summed E-state index contributed by atoms with van der Waals surface area (Å²) in [5.74, 6) is -3.24. The van der Waals surface area contributed by atoms with Gasteiger partial charge in [0.2, 0.25) is 0 Å². The van der Waals surface area contributed by atoms with Crippen molar-refractivity contribution in [3.8, 4) is 0 Å². The fourth-order valence-corrected chi connectivity index (χ4v) is 1.08. The fraction of sp³-hybridized carbons (Fsp3) is 0.143. The summed E-state index contributed by atoms with van der Waals surface area (Å²) in [5.41, 5.74) is -0.437. The van der Waals surface area contributed by atoms with Gasteiger partial charge in [-0.15, -0.1) is 5.10 Å². The highest BCUT2D eigenvalue weighted by molar-refractivity contribution is 5.85. The zero-order chi connectivity index (χ0) is 11.9. The normalized spacial score (nSPS) is 11.9. The van der Waals surface area contributed by atoms with Gasteiger partial charge in [-0.3, -0.25) is 0 Å². The molecule has 0 spiro atoms. The first-order chi connectivity index (χ1) is 7.39. The van der Waals surface area contributed by atoms with E-state index in [-0.39, 0.29) is 0 Å². The van der Waals surface area contributed by atoms with Crippen LogP contribution in [-0.4, -0.2) is 30.7 Å². The summed E-state index contributed by atoms with van der Waals surface area (Å²) in [6.45, 7) is 0. The summed E-state index contributed by atoms with van der Waals surface area (Å²) in [4.78, 5) is 17.2. The van der Waals surface area contributed by atoms with E-state index in [1.54, 1.807) is 0 Å². The van der Waals surface area contributed by atoms with E-state index in [4.69, 9.17) is 5.11 Å². The molecule has 16 heavy (non-hydrogen) atoms. The summed E-state index contributed by atoms with van der Waals surface area (Å²) in [6.07, 6.45) is -3.68. The van der Waals surface area contributed by atoms with Crippen LogP contribution >= 0.6 is 0 Å². The maximum Gasteiger partial charge on any atom is 0.453 e. The second-order valence-electron chi connectivity index (χ2n) is 2.78. The van der Waals surface area contributed by atoms with Crippen LogP contribution in [0.15, 0.2) is 12.3 Å². The van der Waals surface area contributed by atoms with Gasteiger partial charge in [-0.1, -0.05) is 0 Å². The van der Waals surface area contributed by atoms with Gasteiger partial charge in [-0.25, -0.2) is 9.78 Å². The molecule has 0 aliphatic heterocycles. The summed E-state index contributed by atoms with van der Waals surface area (Å²) in [6, 6.07) is 1.03. The molecule has 2 aromatic heterocycles. The average molecular weight is 232 g/mol. The molecule has 0 aromatic carbocycles. The number of carbonyl (C=O) groups is 1. The molecule has 6 nitrogen and oxygen atoms in total. The maximum absolute atomic E-state index is 12.2. The Kier molecular flexibility index (Phi) is 2.04. The van der Waals surface area contributed by atoms with Crippen LogP contribution < -0.4 is 0 Å². The molecule has 0 aliphatic rings. The van der Waals surface area contributed by atoms with Gasteiger partial charge in [0.25, 0.3) is 11.6 Å². The molecule has 2 rings (SSSR count). The molecule has 0 atom stereocenters. The highest BCUT2D eigenvalue weighted by atomic mass is 19.4. The second-order valence-corrected chi connectivity index (χ2v) is 2.78. The molecule has 0 fully saturated rings. The van der Waals surface area contributed by atoms with Crippen LogP contribution in [0.2, 0.25) is 0 Å². The van der Waals surface area contributed by atoms with E-state index < -0.39 is 29.4 Å². The number of aromatic carboxylic acids is 1. The summed E-state index contributed by atoms with van der Waals surface area (Å²) in [5, 5.41) is 11.7. The van der Waals surface area contributed by atoms with Crippen molar-refractivity contribution in [3.05, 3.63) is 23.8 Å². The number of hydrogen-bond donors (Lipinski definition) is 1. The number of hydrogen-bond acceptors (Lipinski definition) is 4. The maximum atomic E-state index is 12.2. The van der Waals surface area contributed by atoms with Crippen LogP contribution in [-0.2, 0) is 6.18 Å². The van der Waals surface area contributed by atoms with Crippen LogP contribution in [0.4, 0.5) is 13.2 Å². The quantitative estimate of drug-likeness (QED) is 0.787. The summed E-state index contributed by atoms with van der Waals surface area (Å²) < 4.78 is 37.3. The minimum absolute atomic E-state index is 0.410. The van der Waals surface area contributed by atoms with E-state index in [2.05, 4.69) is 15.1 Å². The number of carboxylic acid groups (broad SMARTS) is 1. The van der Waals surface area contributed by atoms with E-state index in [1.807, 2.05) is 0 Å². The first-order valence-electron chi connectivity index (χ1n) is 3.92. The minimum Gasteiger partial charge on any atom is -0.477 e. The van der Waals surface area contributed by atoms with E-state index in [0.29, 0.717) is 4.52 Å². The van der Waals surface area contributed by atoms with E-state index in [1.165, 1.54) is 0 Å². The van der Waals surface area contributed by atoms with Crippen LogP contribution in [0.3, 0.4) is 0 Å². The van der Waals surface area contributed by atoms with Crippen molar-refractivity contribution in [1.29, 1.82) is 0 Å². The lowest BCUT2D eigenvalue weighted by molar-refractivity contribution is -0.144. The van der Waals surface area contributed by atoms with Gasteiger partial charge in [0.05, 0.1) is 0 Å². The average Bonchev–Trinajstić information content (AvgIpc) is 2.59. The van der Waals surface area contributed by atoms with Crippen molar-refractivity contribution in [1.82, 2.24) is 19.6 Å². The molecule has 0 radical (unpaired) electrons. The zero-order valence-electron chi connectivity index (χ0n) is 7.43. The molecule has 2 heterocycles. The third-order valence-corrected chi connectivity index (χ3v) is 1.71. The number of fused-ring (bicyclic) bond motifs is 1. The molecule has 9 heteroatoms. The third-order valence-electron chi connectivity index (χ3n) is 1.71. The predicted octanol–water partition coefficient (Wildman–Crippen LogP) is 0.841. The minimum atomic E-state index is -4.73. The van der Waals surface area contributed by atoms with Gasteiger partial charge < -0.3 is 5.11 Å². The van der Waals surface area contributed by atoms with Crippen molar-refractivity contribution in [2.75, 3.05) is 0 Å². The van der Waals surface area contributed by atoms with Crippen LogP contribution in [0.25, 0.3) is 5.78 Å². The van der Waals surface area contributed by atoms with Crippen molar-refractivity contribution in [2.45, 2.75) is 6.18 Å². The Morgan fingerprint density at radius 2 is 2.12 bits per heavy atom. The number of aromatic nitrogens is 4. The van der Waals surface area contributed by atoms with Crippen LogP contribution in [0.1, 0.15) is 16.3 Å². The number of rotatable bonds is 1. The van der Waals surface area contributed by atoms with Gasteiger partial charge in [-0.05, 0) is 6.07 Å². The summed E-state index contributed by atoms with van der Waals surface area (Å²) >= 11 is 0. The van der Waals surface area contributed by atoms with Gasteiger partial charge in [-0.2, -0.15) is 22.7 Å². The highest BCUT2D eigenvalue weighted by Crippen LogP contribution is 2.26. The standard InChI is InChI=1S/C7H3F3N4O2/c8-7(9,10)5-12-6-11-2-1-3(4(15)16)14(6)13-5/h1-2H,(H,15,16). The number of halogens is 3. The molecule has 2 aromatic rings. The Hall–Kier alpha value is -2.19. The van der Waals surface area contributed by atoms with E-state index in [9.17, 15) is 18.0 Å². The van der Waals surface area contributed by atoms with Crippen LogP contribution in [0, 0.1) is 0 Å². The molecule has 0 unspecified atom stereocenters. The Morgan fingerprint density at radius 3 is 2.69 bits per heavy atom. The predicted molar refractivity (Wildman–Crippen MR) is 42.7 cm³/mol. The second kappa shape index (κ2) is 3.15.